The summed E-state index contributed by atoms with van der Waals surface area (Å²) in [6.45, 7) is 7.72. The molecule has 3 atom stereocenters. The monoisotopic (exact) mass is 172 g/mol. The Kier molecular flexibility index (Phi) is 2.79. The van der Waals surface area contributed by atoms with Crippen LogP contribution in [0.1, 0.15) is 40.5 Å². The maximum absolute atomic E-state index is 9.62. The lowest BCUT2D eigenvalue weighted by Crippen LogP contribution is -2.43. The van der Waals surface area contributed by atoms with Crippen LogP contribution in [-0.2, 0) is 4.74 Å². The van der Waals surface area contributed by atoms with Crippen molar-refractivity contribution in [3.8, 4) is 0 Å². The lowest BCUT2D eigenvalue weighted by molar-refractivity contribution is -0.145. The lowest BCUT2D eigenvalue weighted by atomic mass is 9.83. The highest BCUT2D eigenvalue weighted by Crippen LogP contribution is 2.31. The SMILES string of the molecule is CC1CCC1O[C@@H](C)C(C)(C)O. The normalized spacial score (nSPS) is 32.8. The molecule has 1 aliphatic carbocycles. The molecule has 0 heterocycles. The van der Waals surface area contributed by atoms with Crippen LogP contribution in [0.25, 0.3) is 0 Å². The third-order valence-corrected chi connectivity index (χ3v) is 2.91. The van der Waals surface area contributed by atoms with Gasteiger partial charge in [-0.15, -0.1) is 0 Å². The number of aliphatic hydroxyl groups is 1. The van der Waals surface area contributed by atoms with Gasteiger partial charge in [-0.1, -0.05) is 6.92 Å². The summed E-state index contributed by atoms with van der Waals surface area (Å²) in [5.74, 6) is 0.676. The van der Waals surface area contributed by atoms with Crippen LogP contribution in [0, 0.1) is 5.92 Å². The summed E-state index contributed by atoms with van der Waals surface area (Å²) in [7, 11) is 0. The summed E-state index contributed by atoms with van der Waals surface area (Å²) in [6.07, 6.45) is 2.74. The van der Waals surface area contributed by atoms with Gasteiger partial charge in [-0.05, 0) is 39.5 Å². The van der Waals surface area contributed by atoms with Gasteiger partial charge in [-0.2, -0.15) is 0 Å². The fourth-order valence-electron chi connectivity index (χ4n) is 1.27. The van der Waals surface area contributed by atoms with E-state index in [9.17, 15) is 5.11 Å². The standard InChI is InChI=1S/C10H20O2/c1-7-5-6-9(7)12-8(2)10(3,4)11/h7-9,11H,5-6H2,1-4H3/t7?,8-,9?/m0/s1. The zero-order valence-corrected chi connectivity index (χ0v) is 8.50. The van der Waals surface area contributed by atoms with Crippen LogP contribution < -0.4 is 0 Å². The highest BCUT2D eigenvalue weighted by molar-refractivity contribution is 4.82. The third kappa shape index (κ3) is 2.20. The molecule has 1 rings (SSSR count). The van der Waals surface area contributed by atoms with Crippen LogP contribution >= 0.6 is 0 Å². The molecule has 0 aromatic carbocycles. The van der Waals surface area contributed by atoms with Gasteiger partial charge < -0.3 is 9.84 Å². The van der Waals surface area contributed by atoms with Gasteiger partial charge in [-0.3, -0.25) is 0 Å². The average molecular weight is 172 g/mol. The van der Waals surface area contributed by atoms with Crippen LogP contribution in [0.2, 0.25) is 0 Å². The summed E-state index contributed by atoms with van der Waals surface area (Å²) in [4.78, 5) is 0. The maximum atomic E-state index is 9.62. The van der Waals surface area contributed by atoms with E-state index in [0.29, 0.717) is 12.0 Å². The van der Waals surface area contributed by atoms with Crippen molar-refractivity contribution < 1.29 is 9.84 Å². The van der Waals surface area contributed by atoms with Crippen molar-refractivity contribution in [1.82, 2.24) is 0 Å². The zero-order chi connectivity index (χ0) is 9.35. The summed E-state index contributed by atoms with van der Waals surface area (Å²) in [5.41, 5.74) is -0.713. The third-order valence-electron chi connectivity index (χ3n) is 2.91. The van der Waals surface area contributed by atoms with E-state index >= 15 is 0 Å². The fourth-order valence-corrected chi connectivity index (χ4v) is 1.27. The molecule has 1 N–H and O–H groups in total. The van der Waals surface area contributed by atoms with Gasteiger partial charge in [0, 0.05) is 0 Å². The Bertz CT molecular complexity index is 148. The predicted molar refractivity (Wildman–Crippen MR) is 49.0 cm³/mol. The Morgan fingerprint density at radius 2 is 2.00 bits per heavy atom. The molecule has 1 fully saturated rings. The van der Waals surface area contributed by atoms with Gasteiger partial charge in [0.1, 0.15) is 0 Å². The largest absolute Gasteiger partial charge is 0.388 e. The van der Waals surface area contributed by atoms with E-state index in [1.165, 1.54) is 6.42 Å². The zero-order valence-electron chi connectivity index (χ0n) is 8.50. The average Bonchev–Trinajstić information content (AvgIpc) is 1.95. The summed E-state index contributed by atoms with van der Waals surface area (Å²) < 4.78 is 5.71. The van der Waals surface area contributed by atoms with Gasteiger partial charge in [0.2, 0.25) is 0 Å². The quantitative estimate of drug-likeness (QED) is 0.705. The minimum Gasteiger partial charge on any atom is -0.388 e. The molecule has 2 nitrogen and oxygen atoms in total. The van der Waals surface area contributed by atoms with Crippen LogP contribution in [-0.4, -0.2) is 22.9 Å². The van der Waals surface area contributed by atoms with E-state index in [1.807, 2.05) is 6.92 Å². The molecule has 72 valence electrons. The summed E-state index contributed by atoms with van der Waals surface area (Å²) in [5, 5.41) is 9.62. The second-order valence-corrected chi connectivity index (χ2v) is 4.53. The van der Waals surface area contributed by atoms with Crippen LogP contribution in [0.5, 0.6) is 0 Å². The highest BCUT2D eigenvalue weighted by atomic mass is 16.5. The van der Waals surface area contributed by atoms with E-state index < -0.39 is 5.60 Å². The van der Waals surface area contributed by atoms with Crippen LogP contribution in [0.4, 0.5) is 0 Å². The molecule has 0 aromatic heterocycles. The maximum Gasteiger partial charge on any atom is 0.0849 e. The summed E-state index contributed by atoms with van der Waals surface area (Å²) >= 11 is 0. The molecule has 0 saturated heterocycles. The minimum absolute atomic E-state index is 0.0646. The van der Waals surface area contributed by atoms with E-state index in [-0.39, 0.29) is 6.10 Å². The van der Waals surface area contributed by atoms with Gasteiger partial charge in [-0.25, -0.2) is 0 Å². The molecule has 0 amide bonds. The first kappa shape index (κ1) is 10.0. The molecule has 0 aromatic rings. The molecule has 2 heteroatoms. The van der Waals surface area contributed by atoms with Crippen molar-refractivity contribution in [3.63, 3.8) is 0 Å². The number of hydrogen-bond acceptors (Lipinski definition) is 2. The second-order valence-electron chi connectivity index (χ2n) is 4.53. The smallest absolute Gasteiger partial charge is 0.0849 e. The Morgan fingerprint density at radius 3 is 2.25 bits per heavy atom. The number of ether oxygens (including phenoxy) is 1. The van der Waals surface area contributed by atoms with E-state index in [4.69, 9.17) is 4.74 Å². The first-order chi connectivity index (χ1) is 5.41. The van der Waals surface area contributed by atoms with Crippen molar-refractivity contribution >= 4 is 0 Å². The van der Waals surface area contributed by atoms with Crippen molar-refractivity contribution in [2.45, 2.75) is 58.3 Å². The fraction of sp³-hybridized carbons (Fsp3) is 1.00. The van der Waals surface area contributed by atoms with Gasteiger partial charge in [0.25, 0.3) is 0 Å². The van der Waals surface area contributed by atoms with Gasteiger partial charge in [0.15, 0.2) is 0 Å². The topological polar surface area (TPSA) is 29.5 Å². The van der Waals surface area contributed by atoms with E-state index in [2.05, 4.69) is 6.92 Å². The van der Waals surface area contributed by atoms with Crippen LogP contribution in [0.3, 0.4) is 0 Å². The molecule has 0 bridgehead atoms. The number of rotatable bonds is 3. The van der Waals surface area contributed by atoms with Crippen molar-refractivity contribution in [3.05, 3.63) is 0 Å². The van der Waals surface area contributed by atoms with Crippen molar-refractivity contribution in [1.29, 1.82) is 0 Å². The Morgan fingerprint density at radius 1 is 1.42 bits per heavy atom. The number of hydrogen-bond donors (Lipinski definition) is 1. The van der Waals surface area contributed by atoms with Gasteiger partial charge >= 0.3 is 0 Å². The first-order valence-corrected chi connectivity index (χ1v) is 4.79. The Labute approximate surface area is 74.9 Å². The summed E-state index contributed by atoms with van der Waals surface area (Å²) in [6, 6.07) is 0. The van der Waals surface area contributed by atoms with Crippen molar-refractivity contribution in [2.75, 3.05) is 0 Å². The molecule has 1 saturated carbocycles. The minimum atomic E-state index is -0.713. The van der Waals surface area contributed by atoms with Crippen molar-refractivity contribution in [2.24, 2.45) is 5.92 Å². The lowest BCUT2D eigenvalue weighted by Gasteiger charge is -2.38. The second kappa shape index (κ2) is 3.35. The first-order valence-electron chi connectivity index (χ1n) is 4.79. The Balaban J connectivity index is 2.31. The molecule has 1 aliphatic rings. The highest BCUT2D eigenvalue weighted by Gasteiger charge is 2.33. The predicted octanol–water partition coefficient (Wildman–Crippen LogP) is 1.96. The molecular weight excluding hydrogens is 152 g/mol. The molecule has 0 spiro atoms. The molecular formula is C10H20O2. The molecule has 0 aliphatic heterocycles. The Hall–Kier alpha value is -0.0800. The molecule has 12 heavy (non-hydrogen) atoms. The molecule has 2 unspecified atom stereocenters. The molecule has 0 radical (unpaired) electrons. The van der Waals surface area contributed by atoms with Crippen LogP contribution in [0.15, 0.2) is 0 Å². The van der Waals surface area contributed by atoms with E-state index in [1.54, 1.807) is 13.8 Å². The van der Waals surface area contributed by atoms with Gasteiger partial charge in [0.05, 0.1) is 17.8 Å². The van der Waals surface area contributed by atoms with E-state index in [0.717, 1.165) is 6.42 Å².